The van der Waals surface area contributed by atoms with E-state index < -0.39 is 0 Å². The fraction of sp³-hybridized carbons (Fsp3) is 0.421. The third-order valence-corrected chi connectivity index (χ3v) is 4.62. The Morgan fingerprint density at radius 2 is 1.83 bits per heavy atom. The summed E-state index contributed by atoms with van der Waals surface area (Å²) in [6.07, 6.45) is 5.45. The maximum atomic E-state index is 12.5. The Morgan fingerprint density at radius 3 is 2.48 bits per heavy atom. The molecule has 2 aromatic rings. The lowest BCUT2D eigenvalue weighted by molar-refractivity contribution is 0.0719. The van der Waals surface area contributed by atoms with Crippen molar-refractivity contribution in [3.8, 4) is 11.1 Å². The van der Waals surface area contributed by atoms with Crippen LogP contribution in [0.1, 0.15) is 48.3 Å². The SMILES string of the molecule is CO[C@H](C)c1ccc(-c2c[nH]c(C(=O)N3CCCCC3)c2)cc1. The first-order valence-electron chi connectivity index (χ1n) is 8.30. The molecule has 3 rings (SSSR count). The number of amides is 1. The largest absolute Gasteiger partial charge is 0.377 e. The number of nitrogens with zero attached hydrogens (tertiary/aromatic N) is 1. The Balaban J connectivity index is 1.74. The van der Waals surface area contributed by atoms with Gasteiger partial charge < -0.3 is 14.6 Å². The van der Waals surface area contributed by atoms with Crippen molar-refractivity contribution in [2.45, 2.75) is 32.3 Å². The van der Waals surface area contributed by atoms with Crippen LogP contribution >= 0.6 is 0 Å². The summed E-state index contributed by atoms with van der Waals surface area (Å²) in [6, 6.07) is 10.2. The Morgan fingerprint density at radius 1 is 1.13 bits per heavy atom. The van der Waals surface area contributed by atoms with Gasteiger partial charge in [0.15, 0.2) is 0 Å². The number of aromatic amines is 1. The number of nitrogens with one attached hydrogen (secondary N) is 1. The highest BCUT2D eigenvalue weighted by Gasteiger charge is 2.19. The normalized spacial score (nSPS) is 16.3. The molecule has 0 aliphatic carbocycles. The van der Waals surface area contributed by atoms with E-state index in [1.807, 2.05) is 24.1 Å². The fourth-order valence-electron chi connectivity index (χ4n) is 3.03. The van der Waals surface area contributed by atoms with Crippen molar-refractivity contribution in [2.24, 2.45) is 0 Å². The zero-order valence-electron chi connectivity index (χ0n) is 13.8. The second-order valence-electron chi connectivity index (χ2n) is 6.15. The predicted octanol–water partition coefficient (Wildman–Crippen LogP) is 4.02. The van der Waals surface area contributed by atoms with Gasteiger partial charge in [-0.1, -0.05) is 24.3 Å². The van der Waals surface area contributed by atoms with E-state index in [1.54, 1.807) is 7.11 Å². The molecule has 1 fully saturated rings. The van der Waals surface area contributed by atoms with Crippen LogP contribution in [-0.4, -0.2) is 36.0 Å². The number of aromatic nitrogens is 1. The molecule has 0 unspecified atom stereocenters. The standard InChI is InChI=1S/C19H24N2O2/c1-14(23-2)15-6-8-16(9-7-15)17-12-18(20-13-17)19(22)21-10-4-3-5-11-21/h6-9,12-14,20H,3-5,10-11H2,1-2H3/t14-/m1/s1. The average molecular weight is 312 g/mol. The summed E-state index contributed by atoms with van der Waals surface area (Å²) >= 11 is 0. The van der Waals surface area contributed by atoms with E-state index in [-0.39, 0.29) is 12.0 Å². The topological polar surface area (TPSA) is 45.3 Å². The number of H-pyrrole nitrogens is 1. The number of piperidine rings is 1. The number of likely N-dealkylation sites (tertiary alicyclic amines) is 1. The number of benzene rings is 1. The van der Waals surface area contributed by atoms with Gasteiger partial charge in [0.2, 0.25) is 0 Å². The highest BCUT2D eigenvalue weighted by molar-refractivity contribution is 5.94. The smallest absolute Gasteiger partial charge is 0.270 e. The monoisotopic (exact) mass is 312 g/mol. The van der Waals surface area contributed by atoms with Crippen LogP contribution in [0.5, 0.6) is 0 Å². The van der Waals surface area contributed by atoms with Crippen LogP contribution in [0, 0.1) is 0 Å². The second-order valence-corrected chi connectivity index (χ2v) is 6.15. The Bertz CT molecular complexity index is 654. The number of rotatable bonds is 4. The van der Waals surface area contributed by atoms with Gasteiger partial charge in [-0.3, -0.25) is 4.79 Å². The molecule has 1 N–H and O–H groups in total. The van der Waals surface area contributed by atoms with E-state index in [2.05, 4.69) is 29.2 Å². The van der Waals surface area contributed by atoms with Crippen molar-refractivity contribution in [1.82, 2.24) is 9.88 Å². The summed E-state index contributed by atoms with van der Waals surface area (Å²) in [4.78, 5) is 17.6. The summed E-state index contributed by atoms with van der Waals surface area (Å²) in [7, 11) is 1.71. The second kappa shape index (κ2) is 7.01. The van der Waals surface area contributed by atoms with Gasteiger partial charge in [0.05, 0.1) is 6.10 Å². The number of ether oxygens (including phenoxy) is 1. The third kappa shape index (κ3) is 3.48. The lowest BCUT2D eigenvalue weighted by atomic mass is 10.0. The van der Waals surface area contributed by atoms with E-state index in [0.29, 0.717) is 5.69 Å². The molecule has 1 atom stereocenters. The van der Waals surface area contributed by atoms with Crippen LogP contribution in [0.25, 0.3) is 11.1 Å². The van der Waals surface area contributed by atoms with Gasteiger partial charge >= 0.3 is 0 Å². The minimum Gasteiger partial charge on any atom is -0.377 e. The van der Waals surface area contributed by atoms with Crippen molar-refractivity contribution in [3.05, 3.63) is 47.8 Å². The summed E-state index contributed by atoms with van der Waals surface area (Å²) < 4.78 is 5.33. The van der Waals surface area contributed by atoms with Gasteiger partial charge in [-0.15, -0.1) is 0 Å². The summed E-state index contributed by atoms with van der Waals surface area (Å²) in [6.45, 7) is 3.77. The summed E-state index contributed by atoms with van der Waals surface area (Å²) in [5.74, 6) is 0.112. The van der Waals surface area contributed by atoms with E-state index in [4.69, 9.17) is 4.74 Å². The lowest BCUT2D eigenvalue weighted by Gasteiger charge is -2.26. The van der Waals surface area contributed by atoms with Gasteiger partial charge in [0.25, 0.3) is 5.91 Å². The number of hydrogen-bond acceptors (Lipinski definition) is 2. The Kier molecular flexibility index (Phi) is 4.82. The minimum absolute atomic E-state index is 0.0894. The van der Waals surface area contributed by atoms with Crippen LogP contribution in [-0.2, 0) is 4.74 Å². The van der Waals surface area contributed by atoms with Gasteiger partial charge in [0, 0.05) is 26.4 Å². The molecule has 0 bridgehead atoms. The molecule has 4 heteroatoms. The van der Waals surface area contributed by atoms with E-state index >= 15 is 0 Å². The molecule has 23 heavy (non-hydrogen) atoms. The quantitative estimate of drug-likeness (QED) is 0.927. The number of methoxy groups -OCH3 is 1. The van der Waals surface area contributed by atoms with Crippen LogP contribution in [0.3, 0.4) is 0 Å². The fourth-order valence-corrected chi connectivity index (χ4v) is 3.03. The number of carbonyl (C=O) groups excluding carboxylic acids is 1. The zero-order valence-corrected chi connectivity index (χ0v) is 13.8. The number of carbonyl (C=O) groups is 1. The Labute approximate surface area is 137 Å². The molecule has 0 saturated carbocycles. The number of hydrogen-bond donors (Lipinski definition) is 1. The van der Waals surface area contributed by atoms with Crippen LogP contribution in [0.2, 0.25) is 0 Å². The van der Waals surface area contributed by atoms with Crippen molar-refractivity contribution in [3.63, 3.8) is 0 Å². The molecule has 1 aromatic carbocycles. The first kappa shape index (κ1) is 15.8. The third-order valence-electron chi connectivity index (χ3n) is 4.62. The molecule has 1 aromatic heterocycles. The molecule has 4 nitrogen and oxygen atoms in total. The molecule has 1 saturated heterocycles. The minimum atomic E-state index is 0.0894. The highest BCUT2D eigenvalue weighted by Crippen LogP contribution is 2.24. The van der Waals surface area contributed by atoms with Crippen molar-refractivity contribution in [1.29, 1.82) is 0 Å². The molecule has 0 spiro atoms. The van der Waals surface area contributed by atoms with Crippen LogP contribution in [0.15, 0.2) is 36.5 Å². The Hall–Kier alpha value is -2.07. The molecule has 122 valence electrons. The van der Waals surface area contributed by atoms with E-state index in [1.165, 1.54) is 6.42 Å². The van der Waals surface area contributed by atoms with Gasteiger partial charge in [-0.05, 0) is 48.9 Å². The molecular weight excluding hydrogens is 288 g/mol. The maximum absolute atomic E-state index is 12.5. The van der Waals surface area contributed by atoms with Gasteiger partial charge in [0.1, 0.15) is 5.69 Å². The maximum Gasteiger partial charge on any atom is 0.270 e. The van der Waals surface area contributed by atoms with Gasteiger partial charge in [-0.25, -0.2) is 0 Å². The first-order valence-corrected chi connectivity index (χ1v) is 8.30. The molecular formula is C19H24N2O2. The summed E-state index contributed by atoms with van der Waals surface area (Å²) in [5, 5.41) is 0. The summed E-state index contributed by atoms with van der Waals surface area (Å²) in [5.41, 5.74) is 3.97. The molecule has 1 aliphatic heterocycles. The first-order chi connectivity index (χ1) is 11.2. The van der Waals surface area contributed by atoms with Crippen LogP contribution < -0.4 is 0 Å². The molecule has 1 aliphatic rings. The van der Waals surface area contributed by atoms with Crippen molar-refractivity contribution in [2.75, 3.05) is 20.2 Å². The predicted molar refractivity (Wildman–Crippen MR) is 91.4 cm³/mol. The molecule has 0 radical (unpaired) electrons. The van der Waals surface area contributed by atoms with Crippen molar-refractivity contribution >= 4 is 5.91 Å². The molecule has 1 amide bonds. The van der Waals surface area contributed by atoms with Crippen molar-refractivity contribution < 1.29 is 9.53 Å². The molecule has 2 heterocycles. The highest BCUT2D eigenvalue weighted by atomic mass is 16.5. The zero-order chi connectivity index (χ0) is 16.2. The average Bonchev–Trinajstić information content (AvgIpc) is 3.11. The van der Waals surface area contributed by atoms with Crippen LogP contribution in [0.4, 0.5) is 0 Å². The lowest BCUT2D eigenvalue weighted by Crippen LogP contribution is -2.35. The van der Waals surface area contributed by atoms with Gasteiger partial charge in [-0.2, -0.15) is 0 Å². The van der Waals surface area contributed by atoms with E-state index in [0.717, 1.165) is 42.6 Å². The van der Waals surface area contributed by atoms with E-state index in [9.17, 15) is 4.79 Å².